The number of alkyl carbamates (subject to hydrolysis) is 1. The number of benzene rings is 2. The van der Waals surface area contributed by atoms with E-state index in [1.807, 2.05) is 102 Å². The highest BCUT2D eigenvalue weighted by molar-refractivity contribution is 6.30. The van der Waals surface area contributed by atoms with Gasteiger partial charge in [0, 0.05) is 36.9 Å². The van der Waals surface area contributed by atoms with Gasteiger partial charge in [0.25, 0.3) is 5.91 Å². The summed E-state index contributed by atoms with van der Waals surface area (Å²) in [4.78, 5) is 62.2. The summed E-state index contributed by atoms with van der Waals surface area (Å²) < 4.78 is 4.79. The Morgan fingerprint density at radius 3 is 2.27 bits per heavy atom. The minimum absolute atomic E-state index is 0.102. The Morgan fingerprint density at radius 1 is 0.964 bits per heavy atom. The number of nitrogens with zero attached hydrogens (tertiary/aromatic N) is 4. The van der Waals surface area contributed by atoms with Gasteiger partial charge in [-0.25, -0.2) is 14.6 Å². The third-order valence-electron chi connectivity index (χ3n) is 9.84. The second-order valence-electron chi connectivity index (χ2n) is 15.3. The van der Waals surface area contributed by atoms with Gasteiger partial charge in [0.1, 0.15) is 12.1 Å². The van der Waals surface area contributed by atoms with E-state index >= 15 is 0 Å². The molecule has 4 N–H and O–H groups in total. The highest BCUT2D eigenvalue weighted by Gasteiger charge is 2.41. The van der Waals surface area contributed by atoms with Crippen LogP contribution in [-0.4, -0.2) is 99.8 Å². The molecule has 2 aromatic carbocycles. The van der Waals surface area contributed by atoms with Gasteiger partial charge in [-0.3, -0.25) is 20.0 Å². The summed E-state index contributed by atoms with van der Waals surface area (Å²) in [7, 11) is 1.22. The lowest BCUT2D eigenvalue weighted by atomic mass is 9.86. The van der Waals surface area contributed by atoms with Gasteiger partial charge in [0.15, 0.2) is 0 Å². The van der Waals surface area contributed by atoms with E-state index in [1.165, 1.54) is 7.11 Å². The van der Waals surface area contributed by atoms with E-state index < -0.39 is 41.6 Å². The van der Waals surface area contributed by atoms with Crippen LogP contribution in [-0.2, 0) is 33.8 Å². The maximum atomic E-state index is 14.4. The minimum atomic E-state index is -1.20. The number of aryl methyl sites for hydroxylation is 1. The highest BCUT2D eigenvalue weighted by Crippen LogP contribution is 2.24. The van der Waals surface area contributed by atoms with Gasteiger partial charge in [0.2, 0.25) is 5.91 Å². The van der Waals surface area contributed by atoms with Crippen LogP contribution < -0.4 is 16.1 Å². The first-order valence-corrected chi connectivity index (χ1v) is 19.1. The number of aliphatic hydroxyl groups excluding tert-OH is 1. The van der Waals surface area contributed by atoms with Crippen molar-refractivity contribution >= 4 is 35.5 Å². The standard InChI is InChI=1S/C41H56ClN7O6/c1-8-27(2)35(49-22-21-47(40(49)54)25-32-16-12-13-28(3)43-32)37(51)44-33(23-29-14-10-9-11-15-29)34(50)26-48(24-30-17-19-31(42)20-18-30)46-38(52)36(41(4,5)6)45-39(53)55-7/h9-20,27,33-36,50H,8,21-26H2,1-7H3,(H,44,51)(H,45,53)(H,46,52). The molecule has 1 aliphatic heterocycles. The summed E-state index contributed by atoms with van der Waals surface area (Å²) >= 11 is 6.16. The number of rotatable bonds is 17. The molecule has 14 heteroatoms. The Balaban J connectivity index is 1.60. The van der Waals surface area contributed by atoms with Crippen LogP contribution in [0.15, 0.2) is 72.8 Å². The lowest BCUT2D eigenvalue weighted by Crippen LogP contribution is -2.60. The van der Waals surface area contributed by atoms with E-state index in [0.717, 1.165) is 22.5 Å². The van der Waals surface area contributed by atoms with Crippen molar-refractivity contribution in [2.24, 2.45) is 11.3 Å². The van der Waals surface area contributed by atoms with Crippen LogP contribution in [0.25, 0.3) is 0 Å². The molecule has 1 saturated heterocycles. The number of ether oxygens (including phenoxy) is 1. The van der Waals surface area contributed by atoms with Crippen molar-refractivity contribution < 1.29 is 29.0 Å². The molecule has 2 heterocycles. The molecule has 1 aromatic heterocycles. The van der Waals surface area contributed by atoms with Crippen molar-refractivity contribution in [1.29, 1.82) is 0 Å². The van der Waals surface area contributed by atoms with Crippen molar-refractivity contribution in [3.63, 3.8) is 0 Å². The third-order valence-corrected chi connectivity index (χ3v) is 10.1. The van der Waals surface area contributed by atoms with Gasteiger partial charge in [-0.05, 0) is 60.1 Å². The molecule has 3 aromatic rings. The van der Waals surface area contributed by atoms with Crippen LogP contribution in [0.5, 0.6) is 0 Å². The number of aliphatic hydroxyl groups is 1. The molecular formula is C41H56ClN7O6. The zero-order chi connectivity index (χ0) is 40.3. The highest BCUT2D eigenvalue weighted by atomic mass is 35.5. The Kier molecular flexibility index (Phi) is 15.4. The molecule has 5 amide bonds. The third kappa shape index (κ3) is 12.4. The molecule has 298 valence electrons. The molecule has 0 radical (unpaired) electrons. The molecular weight excluding hydrogens is 722 g/mol. The van der Waals surface area contributed by atoms with Crippen molar-refractivity contribution in [2.75, 3.05) is 26.7 Å². The molecule has 1 aliphatic rings. The molecule has 0 aliphatic carbocycles. The maximum absolute atomic E-state index is 14.4. The largest absolute Gasteiger partial charge is 0.453 e. The Labute approximate surface area is 329 Å². The summed E-state index contributed by atoms with van der Waals surface area (Å²) in [5.41, 5.74) is 5.51. The molecule has 13 nitrogen and oxygen atoms in total. The average Bonchev–Trinajstić information content (AvgIpc) is 3.49. The quantitative estimate of drug-likeness (QED) is 0.138. The van der Waals surface area contributed by atoms with Crippen molar-refractivity contribution in [3.05, 3.63) is 100 Å². The topological polar surface area (TPSA) is 156 Å². The van der Waals surface area contributed by atoms with Crippen LogP contribution in [0.4, 0.5) is 9.59 Å². The van der Waals surface area contributed by atoms with Gasteiger partial charge >= 0.3 is 12.1 Å². The van der Waals surface area contributed by atoms with E-state index in [1.54, 1.807) is 26.9 Å². The molecule has 5 unspecified atom stereocenters. The number of carbonyl (C=O) groups excluding carboxylic acids is 4. The van der Waals surface area contributed by atoms with E-state index in [-0.39, 0.29) is 37.4 Å². The number of urea groups is 1. The van der Waals surface area contributed by atoms with Crippen molar-refractivity contribution in [2.45, 2.75) is 91.7 Å². The number of hydrazine groups is 1. The minimum Gasteiger partial charge on any atom is -0.453 e. The zero-order valence-electron chi connectivity index (χ0n) is 32.9. The fourth-order valence-electron chi connectivity index (χ4n) is 6.62. The first-order chi connectivity index (χ1) is 26.1. The second-order valence-corrected chi connectivity index (χ2v) is 15.7. The van der Waals surface area contributed by atoms with Gasteiger partial charge in [0.05, 0.1) is 31.5 Å². The summed E-state index contributed by atoms with van der Waals surface area (Å²) in [6, 6.07) is 19.4. The average molecular weight is 778 g/mol. The van der Waals surface area contributed by atoms with E-state index in [2.05, 4.69) is 21.0 Å². The van der Waals surface area contributed by atoms with E-state index in [9.17, 15) is 24.3 Å². The lowest BCUT2D eigenvalue weighted by Gasteiger charge is -2.36. The number of carbonyl (C=O) groups is 4. The number of halogens is 1. The van der Waals surface area contributed by atoms with E-state index in [0.29, 0.717) is 31.1 Å². The molecule has 5 atom stereocenters. The van der Waals surface area contributed by atoms with Crippen LogP contribution in [0, 0.1) is 18.3 Å². The lowest BCUT2D eigenvalue weighted by molar-refractivity contribution is -0.132. The summed E-state index contributed by atoms with van der Waals surface area (Å²) in [5.74, 6) is -1.08. The Morgan fingerprint density at radius 2 is 1.65 bits per heavy atom. The first kappa shape index (κ1) is 43.0. The number of amides is 5. The monoisotopic (exact) mass is 777 g/mol. The summed E-state index contributed by atoms with van der Waals surface area (Å²) in [6.07, 6.45) is -1.04. The smallest absolute Gasteiger partial charge is 0.407 e. The SMILES string of the molecule is CCC(C)C(C(=O)NC(Cc1ccccc1)C(O)CN(Cc1ccc(Cl)cc1)NC(=O)C(NC(=O)OC)C(C)(C)C)N1CCN(Cc2cccc(C)n2)C1=O. The zero-order valence-corrected chi connectivity index (χ0v) is 33.7. The number of hydrogen-bond donors (Lipinski definition) is 4. The second kappa shape index (κ2) is 19.7. The fraction of sp³-hybridized carbons (Fsp3) is 0.488. The molecule has 0 spiro atoms. The summed E-state index contributed by atoms with van der Waals surface area (Å²) in [5, 5.41) is 19.9. The molecule has 0 bridgehead atoms. The van der Waals surface area contributed by atoms with Gasteiger partial charge in [-0.15, -0.1) is 0 Å². The summed E-state index contributed by atoms with van der Waals surface area (Å²) in [6.45, 7) is 12.5. The Bertz CT molecular complexity index is 1740. The molecule has 1 fully saturated rings. The number of pyridine rings is 1. The number of aromatic nitrogens is 1. The number of methoxy groups -OCH3 is 1. The predicted octanol–water partition coefficient (Wildman–Crippen LogP) is 5.09. The van der Waals surface area contributed by atoms with Crippen LogP contribution in [0.2, 0.25) is 5.02 Å². The van der Waals surface area contributed by atoms with Crippen LogP contribution >= 0.6 is 11.6 Å². The number of hydrogen-bond acceptors (Lipinski definition) is 8. The van der Waals surface area contributed by atoms with Gasteiger partial charge in [-0.2, -0.15) is 0 Å². The molecule has 0 saturated carbocycles. The van der Waals surface area contributed by atoms with Crippen molar-refractivity contribution in [1.82, 2.24) is 35.9 Å². The normalized spacial score (nSPS) is 15.9. The Hall–Kier alpha value is -4.72. The fourth-order valence-corrected chi connectivity index (χ4v) is 6.75. The van der Waals surface area contributed by atoms with Gasteiger partial charge in [-0.1, -0.05) is 101 Å². The van der Waals surface area contributed by atoms with Crippen molar-refractivity contribution in [3.8, 4) is 0 Å². The predicted molar refractivity (Wildman–Crippen MR) is 212 cm³/mol. The molecule has 55 heavy (non-hydrogen) atoms. The van der Waals surface area contributed by atoms with Crippen LogP contribution in [0.3, 0.4) is 0 Å². The van der Waals surface area contributed by atoms with Gasteiger partial charge < -0.3 is 30.3 Å². The van der Waals surface area contributed by atoms with E-state index in [4.69, 9.17) is 16.3 Å². The maximum Gasteiger partial charge on any atom is 0.407 e. The molecule has 4 rings (SSSR count). The first-order valence-electron chi connectivity index (χ1n) is 18.7. The number of nitrogens with one attached hydrogen (secondary N) is 3. The van der Waals surface area contributed by atoms with Crippen LogP contribution in [0.1, 0.15) is 63.6 Å².